The van der Waals surface area contributed by atoms with Crippen molar-refractivity contribution < 1.29 is 8.42 Å². The Hall–Kier alpha value is -0.0900. The van der Waals surface area contributed by atoms with Gasteiger partial charge in [-0.25, -0.2) is 8.42 Å². The number of unbranched alkanes of at least 4 members (excludes halogenated alkanes) is 1. The Balaban J connectivity index is 3.74. The Morgan fingerprint density at radius 2 is 1.75 bits per heavy atom. The fraction of sp³-hybridized carbons (Fsp3) is 1.00. The molecule has 0 fully saturated rings. The summed E-state index contributed by atoms with van der Waals surface area (Å²) >= 11 is 0. The first-order valence-corrected chi connectivity index (χ1v) is 8.10. The van der Waals surface area contributed by atoms with E-state index >= 15 is 0 Å². The Morgan fingerprint density at radius 3 is 2.25 bits per heavy atom. The average molecular weight is 249 g/mol. The van der Waals surface area contributed by atoms with Crippen LogP contribution >= 0.6 is 0 Å². The number of sulfone groups is 1. The van der Waals surface area contributed by atoms with Crippen molar-refractivity contribution in [3.8, 4) is 0 Å². The molecule has 0 aliphatic heterocycles. The van der Waals surface area contributed by atoms with Gasteiger partial charge >= 0.3 is 0 Å². The third kappa shape index (κ3) is 6.48. The van der Waals surface area contributed by atoms with Crippen LogP contribution in [0.25, 0.3) is 0 Å². The van der Waals surface area contributed by atoms with Gasteiger partial charge in [-0.3, -0.25) is 0 Å². The van der Waals surface area contributed by atoms with Crippen molar-refractivity contribution in [3.05, 3.63) is 0 Å². The van der Waals surface area contributed by atoms with E-state index in [-0.39, 0.29) is 5.25 Å². The maximum absolute atomic E-state index is 11.7. The summed E-state index contributed by atoms with van der Waals surface area (Å²) in [5, 5.41) is 3.15. The maximum atomic E-state index is 11.7. The standard InChI is InChI=1S/C12H27NO2S/c1-5-12(4)16(14,15)10-8-7-9-11(3)13-6-2/h11-13H,5-10H2,1-4H3. The number of nitrogens with one attached hydrogen (secondary N) is 1. The van der Waals surface area contributed by atoms with Gasteiger partial charge in [0.1, 0.15) is 0 Å². The van der Waals surface area contributed by atoms with Crippen LogP contribution in [0.5, 0.6) is 0 Å². The molecule has 0 saturated carbocycles. The minimum atomic E-state index is -2.84. The minimum absolute atomic E-state index is 0.182. The first-order chi connectivity index (χ1) is 7.44. The molecular weight excluding hydrogens is 222 g/mol. The maximum Gasteiger partial charge on any atom is 0.152 e. The van der Waals surface area contributed by atoms with E-state index in [4.69, 9.17) is 0 Å². The van der Waals surface area contributed by atoms with E-state index in [0.29, 0.717) is 11.8 Å². The number of rotatable bonds is 9. The van der Waals surface area contributed by atoms with Gasteiger partial charge in [-0.05, 0) is 39.7 Å². The van der Waals surface area contributed by atoms with Crippen molar-refractivity contribution in [2.75, 3.05) is 12.3 Å². The molecule has 0 rings (SSSR count). The summed E-state index contributed by atoms with van der Waals surface area (Å²) in [6, 6.07) is 0.497. The van der Waals surface area contributed by atoms with Crippen molar-refractivity contribution in [1.82, 2.24) is 5.32 Å². The second-order valence-electron chi connectivity index (χ2n) is 4.54. The zero-order chi connectivity index (χ0) is 12.6. The summed E-state index contributed by atoms with van der Waals surface area (Å²) in [5.41, 5.74) is 0. The lowest BCUT2D eigenvalue weighted by Crippen LogP contribution is -2.25. The van der Waals surface area contributed by atoms with E-state index in [0.717, 1.165) is 32.2 Å². The van der Waals surface area contributed by atoms with Crippen molar-refractivity contribution in [2.24, 2.45) is 0 Å². The average Bonchev–Trinajstić information content (AvgIpc) is 2.23. The fourth-order valence-electron chi connectivity index (χ4n) is 1.66. The van der Waals surface area contributed by atoms with Crippen molar-refractivity contribution in [3.63, 3.8) is 0 Å². The monoisotopic (exact) mass is 249 g/mol. The summed E-state index contributed by atoms with van der Waals surface area (Å²) in [6.07, 6.45) is 3.56. The van der Waals surface area contributed by atoms with Crippen molar-refractivity contribution in [2.45, 2.75) is 64.7 Å². The highest BCUT2D eigenvalue weighted by molar-refractivity contribution is 7.91. The smallest absolute Gasteiger partial charge is 0.152 e. The van der Waals surface area contributed by atoms with E-state index in [1.807, 2.05) is 6.92 Å². The molecule has 0 bridgehead atoms. The summed E-state index contributed by atoms with van der Waals surface area (Å²) in [6.45, 7) is 8.94. The molecule has 3 nitrogen and oxygen atoms in total. The molecule has 0 aromatic carbocycles. The quantitative estimate of drug-likeness (QED) is 0.638. The third-order valence-electron chi connectivity index (χ3n) is 3.06. The van der Waals surface area contributed by atoms with Crippen LogP contribution in [0.1, 0.15) is 53.4 Å². The molecule has 0 amide bonds. The Morgan fingerprint density at radius 1 is 1.12 bits per heavy atom. The molecule has 2 unspecified atom stereocenters. The van der Waals surface area contributed by atoms with Crippen molar-refractivity contribution in [1.29, 1.82) is 0 Å². The lowest BCUT2D eigenvalue weighted by Gasteiger charge is -2.13. The van der Waals surface area contributed by atoms with Crippen LogP contribution < -0.4 is 5.32 Å². The molecule has 16 heavy (non-hydrogen) atoms. The molecule has 0 aromatic heterocycles. The molecule has 98 valence electrons. The van der Waals surface area contributed by atoms with Crippen LogP contribution in [0.15, 0.2) is 0 Å². The van der Waals surface area contributed by atoms with Crippen LogP contribution in [-0.2, 0) is 9.84 Å². The molecular formula is C12H27NO2S. The van der Waals surface area contributed by atoms with Gasteiger partial charge in [0.2, 0.25) is 0 Å². The van der Waals surface area contributed by atoms with E-state index in [2.05, 4.69) is 19.2 Å². The lowest BCUT2D eigenvalue weighted by atomic mass is 10.1. The van der Waals surface area contributed by atoms with Gasteiger partial charge in [-0.1, -0.05) is 20.3 Å². The van der Waals surface area contributed by atoms with Gasteiger partial charge < -0.3 is 5.32 Å². The van der Waals surface area contributed by atoms with Gasteiger partial charge in [0.05, 0.1) is 11.0 Å². The Labute approximate surface area is 101 Å². The SMILES string of the molecule is CCNC(C)CCCCS(=O)(=O)C(C)CC. The number of hydrogen-bond acceptors (Lipinski definition) is 3. The highest BCUT2D eigenvalue weighted by Gasteiger charge is 2.18. The zero-order valence-electron chi connectivity index (χ0n) is 11.1. The second kappa shape index (κ2) is 8.07. The predicted molar refractivity (Wildman–Crippen MR) is 70.5 cm³/mol. The molecule has 0 saturated heterocycles. The first kappa shape index (κ1) is 15.9. The van der Waals surface area contributed by atoms with Crippen LogP contribution in [0, 0.1) is 0 Å². The number of hydrogen-bond donors (Lipinski definition) is 1. The van der Waals surface area contributed by atoms with Gasteiger partial charge in [0, 0.05) is 6.04 Å². The normalized spacial score (nSPS) is 16.0. The van der Waals surface area contributed by atoms with E-state index in [1.54, 1.807) is 6.92 Å². The molecule has 0 aliphatic rings. The first-order valence-electron chi connectivity index (χ1n) is 6.39. The summed E-state index contributed by atoms with van der Waals surface area (Å²) < 4.78 is 23.4. The second-order valence-corrected chi connectivity index (χ2v) is 7.08. The molecule has 2 atom stereocenters. The lowest BCUT2D eigenvalue weighted by molar-refractivity contribution is 0.506. The fourth-order valence-corrected chi connectivity index (χ4v) is 3.18. The molecule has 0 heterocycles. The Bertz CT molecular complexity index is 262. The molecule has 0 spiro atoms. The molecule has 0 aliphatic carbocycles. The van der Waals surface area contributed by atoms with E-state index < -0.39 is 9.84 Å². The van der Waals surface area contributed by atoms with Crippen LogP contribution in [-0.4, -0.2) is 32.0 Å². The van der Waals surface area contributed by atoms with Gasteiger partial charge in [0.25, 0.3) is 0 Å². The Kier molecular flexibility index (Phi) is 8.02. The third-order valence-corrected chi connectivity index (χ3v) is 5.47. The minimum Gasteiger partial charge on any atom is -0.315 e. The molecule has 4 heteroatoms. The van der Waals surface area contributed by atoms with E-state index in [1.165, 1.54) is 0 Å². The summed E-state index contributed by atoms with van der Waals surface area (Å²) in [7, 11) is -2.84. The zero-order valence-corrected chi connectivity index (χ0v) is 11.9. The van der Waals surface area contributed by atoms with Gasteiger partial charge in [-0.15, -0.1) is 0 Å². The molecule has 0 radical (unpaired) electrons. The topological polar surface area (TPSA) is 46.2 Å². The highest BCUT2D eigenvalue weighted by Crippen LogP contribution is 2.10. The molecule has 1 N–H and O–H groups in total. The van der Waals surface area contributed by atoms with Crippen LogP contribution in [0.3, 0.4) is 0 Å². The van der Waals surface area contributed by atoms with E-state index in [9.17, 15) is 8.42 Å². The van der Waals surface area contributed by atoms with Crippen molar-refractivity contribution >= 4 is 9.84 Å². The highest BCUT2D eigenvalue weighted by atomic mass is 32.2. The van der Waals surface area contributed by atoms with Gasteiger partial charge in [0.15, 0.2) is 9.84 Å². The summed E-state index contributed by atoms with van der Waals surface area (Å²) in [4.78, 5) is 0. The summed E-state index contributed by atoms with van der Waals surface area (Å²) in [5.74, 6) is 0.348. The van der Waals surface area contributed by atoms with Crippen LogP contribution in [0.2, 0.25) is 0 Å². The molecule has 0 aromatic rings. The predicted octanol–water partition coefficient (Wildman–Crippen LogP) is 2.37. The van der Waals surface area contributed by atoms with Crippen LogP contribution in [0.4, 0.5) is 0 Å². The van der Waals surface area contributed by atoms with Gasteiger partial charge in [-0.2, -0.15) is 0 Å². The largest absolute Gasteiger partial charge is 0.315 e.